The number of hydrogen-bond acceptors (Lipinski definition) is 7. The summed E-state index contributed by atoms with van der Waals surface area (Å²) in [4.78, 5) is 25.7. The normalized spacial score (nSPS) is 13.2. The van der Waals surface area contributed by atoms with Crippen molar-refractivity contribution in [1.82, 2.24) is 0 Å². The first-order valence-electron chi connectivity index (χ1n) is 8.36. The monoisotopic (exact) mass is 384 g/mol. The van der Waals surface area contributed by atoms with Gasteiger partial charge in [-0.05, 0) is 29.8 Å². The summed E-state index contributed by atoms with van der Waals surface area (Å²) < 4.78 is 26.7. The van der Waals surface area contributed by atoms with Crippen molar-refractivity contribution in [2.75, 3.05) is 35.5 Å². The Kier molecular flexibility index (Phi) is 5.26. The average molecular weight is 384 g/mol. The zero-order chi connectivity index (χ0) is 20.4. The van der Waals surface area contributed by atoms with Gasteiger partial charge < -0.3 is 23.7 Å². The highest BCUT2D eigenvalue weighted by Gasteiger charge is 2.36. The summed E-state index contributed by atoms with van der Waals surface area (Å²) in [6.07, 6.45) is 0. The van der Waals surface area contributed by atoms with Crippen LogP contribution in [0.25, 0.3) is 11.3 Å². The first kappa shape index (κ1) is 19.3. The molecule has 0 saturated heterocycles. The van der Waals surface area contributed by atoms with Crippen LogP contribution in [0.3, 0.4) is 0 Å². The number of carbonyl (C=O) groups is 2. The number of fused-ring (bicyclic) bond motifs is 1. The number of ketones is 2. The van der Waals surface area contributed by atoms with Gasteiger partial charge in [-0.15, -0.1) is 0 Å². The Balaban J connectivity index is 2.30. The fraction of sp³-hybridized carbons (Fsp3) is 0.238. The Morgan fingerprint density at radius 1 is 0.571 bits per heavy atom. The molecule has 0 heterocycles. The van der Waals surface area contributed by atoms with E-state index in [9.17, 15) is 9.59 Å². The molecule has 3 rings (SSSR count). The number of carbonyl (C=O) groups excluding carboxylic acids is 2. The summed E-state index contributed by atoms with van der Waals surface area (Å²) in [6.45, 7) is 0. The molecule has 0 fully saturated rings. The number of rotatable bonds is 6. The van der Waals surface area contributed by atoms with E-state index < -0.39 is 11.6 Å². The number of methoxy groups -OCH3 is 5. The molecule has 0 spiro atoms. The van der Waals surface area contributed by atoms with Gasteiger partial charge in [0.1, 0.15) is 5.76 Å². The van der Waals surface area contributed by atoms with Crippen LogP contribution in [0.1, 0.15) is 21.5 Å². The molecular weight excluding hydrogens is 364 g/mol. The second kappa shape index (κ2) is 7.64. The van der Waals surface area contributed by atoms with Gasteiger partial charge in [-0.2, -0.15) is 0 Å². The van der Waals surface area contributed by atoms with Gasteiger partial charge in [-0.3, -0.25) is 9.59 Å². The first-order valence-corrected chi connectivity index (χ1v) is 8.36. The summed E-state index contributed by atoms with van der Waals surface area (Å²) in [6, 6.07) is 8.07. The van der Waals surface area contributed by atoms with Crippen molar-refractivity contribution >= 4 is 22.9 Å². The molecule has 0 aliphatic heterocycles. The highest BCUT2D eigenvalue weighted by molar-refractivity contribution is 6.62. The maximum atomic E-state index is 12.9. The van der Waals surface area contributed by atoms with Gasteiger partial charge in [0.15, 0.2) is 23.0 Å². The molecule has 0 atom stereocenters. The lowest BCUT2D eigenvalue weighted by Gasteiger charge is -2.23. The van der Waals surface area contributed by atoms with Crippen molar-refractivity contribution < 1.29 is 33.3 Å². The van der Waals surface area contributed by atoms with E-state index in [0.717, 1.165) is 0 Å². The third-order valence-electron chi connectivity index (χ3n) is 4.55. The third kappa shape index (κ3) is 2.94. The van der Waals surface area contributed by atoms with Gasteiger partial charge in [0, 0.05) is 11.1 Å². The molecule has 0 saturated carbocycles. The van der Waals surface area contributed by atoms with Crippen molar-refractivity contribution in [3.05, 3.63) is 47.0 Å². The molecule has 7 heteroatoms. The van der Waals surface area contributed by atoms with Crippen molar-refractivity contribution in [2.24, 2.45) is 0 Å². The number of hydrogen-bond donors (Lipinski definition) is 0. The van der Waals surface area contributed by atoms with Crippen LogP contribution in [0, 0.1) is 0 Å². The van der Waals surface area contributed by atoms with Crippen molar-refractivity contribution in [1.29, 1.82) is 0 Å². The van der Waals surface area contributed by atoms with Crippen LogP contribution in [-0.4, -0.2) is 47.1 Å². The molecule has 28 heavy (non-hydrogen) atoms. The lowest BCUT2D eigenvalue weighted by molar-refractivity contribution is -0.110. The van der Waals surface area contributed by atoms with Crippen molar-refractivity contribution in [3.63, 3.8) is 0 Å². The number of Topliss-reactive ketones (excluding diaryl/α,β-unsaturated/α-hetero) is 2. The van der Waals surface area contributed by atoms with Gasteiger partial charge in [0.2, 0.25) is 11.6 Å². The van der Waals surface area contributed by atoms with Crippen molar-refractivity contribution in [2.45, 2.75) is 0 Å². The Hall–Kier alpha value is -3.48. The Morgan fingerprint density at radius 2 is 1.11 bits per heavy atom. The van der Waals surface area contributed by atoms with Gasteiger partial charge in [-0.1, -0.05) is 6.07 Å². The van der Waals surface area contributed by atoms with Crippen LogP contribution in [0.2, 0.25) is 0 Å². The van der Waals surface area contributed by atoms with E-state index in [4.69, 9.17) is 23.7 Å². The summed E-state index contributed by atoms with van der Waals surface area (Å²) in [5.74, 6) is 0.656. The molecule has 0 radical (unpaired) electrons. The maximum absolute atomic E-state index is 12.9. The van der Waals surface area contributed by atoms with Gasteiger partial charge in [0.05, 0.1) is 41.1 Å². The predicted octanol–water partition coefficient (Wildman–Crippen LogP) is 3.00. The lowest BCUT2D eigenvalue weighted by atomic mass is 9.84. The molecule has 7 nitrogen and oxygen atoms in total. The first-order chi connectivity index (χ1) is 13.5. The summed E-state index contributed by atoms with van der Waals surface area (Å²) in [5, 5.41) is 0. The molecule has 1 aliphatic rings. The molecule has 0 amide bonds. The molecule has 0 bridgehead atoms. The quantitative estimate of drug-likeness (QED) is 0.708. The summed E-state index contributed by atoms with van der Waals surface area (Å²) in [5.41, 5.74) is 1.28. The predicted molar refractivity (Wildman–Crippen MR) is 102 cm³/mol. The van der Waals surface area contributed by atoms with Crippen LogP contribution in [0.5, 0.6) is 23.0 Å². The molecule has 1 aliphatic carbocycles. The highest BCUT2D eigenvalue weighted by Crippen LogP contribution is 2.42. The molecule has 0 aromatic heterocycles. The highest BCUT2D eigenvalue weighted by atomic mass is 16.5. The zero-order valence-corrected chi connectivity index (χ0v) is 16.2. The van der Waals surface area contributed by atoms with Crippen LogP contribution in [0.15, 0.2) is 30.3 Å². The van der Waals surface area contributed by atoms with Crippen LogP contribution < -0.4 is 18.9 Å². The minimum absolute atomic E-state index is 0.146. The van der Waals surface area contributed by atoms with E-state index in [1.165, 1.54) is 41.6 Å². The number of benzene rings is 2. The van der Waals surface area contributed by atoms with E-state index in [2.05, 4.69) is 0 Å². The van der Waals surface area contributed by atoms with E-state index in [1.54, 1.807) is 24.3 Å². The molecule has 146 valence electrons. The Bertz CT molecular complexity index is 988. The minimum atomic E-state index is -0.677. The fourth-order valence-electron chi connectivity index (χ4n) is 3.19. The van der Waals surface area contributed by atoms with E-state index in [1.807, 2.05) is 0 Å². The topological polar surface area (TPSA) is 80.3 Å². The van der Waals surface area contributed by atoms with Crippen LogP contribution >= 0.6 is 0 Å². The standard InChI is InChI=1S/C21H20O7/c1-24-14-7-6-11(8-15(14)25-2)18-20(23)19(22)12-9-16(26-3)17(27-4)10-13(12)21(18)28-5/h6-10H,1-5H3. The lowest BCUT2D eigenvalue weighted by Crippen LogP contribution is -2.24. The van der Waals surface area contributed by atoms with E-state index in [0.29, 0.717) is 34.1 Å². The largest absolute Gasteiger partial charge is 0.495 e. The molecule has 2 aromatic carbocycles. The molecular formula is C21H20O7. The second-order valence-corrected chi connectivity index (χ2v) is 5.89. The van der Waals surface area contributed by atoms with E-state index >= 15 is 0 Å². The SMILES string of the molecule is COC1=C(c2ccc(OC)c(OC)c2)C(=O)C(=O)c2cc(OC)c(OC)cc21. The number of ether oxygens (including phenoxy) is 5. The Labute approximate surface area is 162 Å². The van der Waals surface area contributed by atoms with Crippen molar-refractivity contribution in [3.8, 4) is 23.0 Å². The zero-order valence-electron chi connectivity index (χ0n) is 16.2. The van der Waals surface area contributed by atoms with E-state index in [-0.39, 0.29) is 16.9 Å². The van der Waals surface area contributed by atoms with Gasteiger partial charge in [0.25, 0.3) is 0 Å². The number of allylic oxidation sites excluding steroid dienone is 1. The van der Waals surface area contributed by atoms with Gasteiger partial charge >= 0.3 is 0 Å². The maximum Gasteiger partial charge on any atom is 0.237 e. The smallest absolute Gasteiger partial charge is 0.237 e. The summed E-state index contributed by atoms with van der Waals surface area (Å²) >= 11 is 0. The second-order valence-electron chi connectivity index (χ2n) is 5.89. The average Bonchev–Trinajstić information content (AvgIpc) is 2.74. The van der Waals surface area contributed by atoms with Gasteiger partial charge in [-0.25, -0.2) is 0 Å². The molecule has 0 unspecified atom stereocenters. The van der Waals surface area contributed by atoms with Crippen LogP contribution in [-0.2, 0) is 9.53 Å². The Morgan fingerprint density at radius 3 is 1.64 bits per heavy atom. The molecule has 2 aromatic rings. The third-order valence-corrected chi connectivity index (χ3v) is 4.55. The van der Waals surface area contributed by atoms with Crippen LogP contribution in [0.4, 0.5) is 0 Å². The molecule has 0 N–H and O–H groups in total. The summed E-state index contributed by atoms with van der Waals surface area (Å²) in [7, 11) is 7.41. The minimum Gasteiger partial charge on any atom is -0.495 e. The fourth-order valence-corrected chi connectivity index (χ4v) is 3.19.